The van der Waals surface area contributed by atoms with Crippen LogP contribution in [0.15, 0.2) is 30.7 Å². The maximum absolute atomic E-state index is 5.75. The maximum Gasteiger partial charge on any atom is 0.274 e. The molecule has 8 nitrogen and oxygen atoms in total. The molecule has 0 amide bonds. The summed E-state index contributed by atoms with van der Waals surface area (Å²) in [6.07, 6.45) is 3.51. The lowest BCUT2D eigenvalue weighted by molar-refractivity contribution is 0.840. The van der Waals surface area contributed by atoms with Crippen molar-refractivity contribution in [2.75, 3.05) is 0 Å². The SMILES string of the molecule is Cn1cncc1-c1nc2nnnn2c2ccc(CN)cc12. The van der Waals surface area contributed by atoms with Gasteiger partial charge in [-0.25, -0.2) is 9.97 Å². The number of hydrogen-bond donors (Lipinski definition) is 1. The molecular formula is C13H12N8. The Balaban J connectivity index is 2.17. The van der Waals surface area contributed by atoms with Gasteiger partial charge in [-0.05, 0) is 28.1 Å². The summed E-state index contributed by atoms with van der Waals surface area (Å²) >= 11 is 0. The van der Waals surface area contributed by atoms with Crippen molar-refractivity contribution in [3.8, 4) is 11.4 Å². The molecule has 3 aromatic heterocycles. The predicted molar refractivity (Wildman–Crippen MR) is 76.2 cm³/mol. The first-order valence-corrected chi connectivity index (χ1v) is 6.45. The van der Waals surface area contributed by atoms with Gasteiger partial charge in [-0.15, -0.1) is 0 Å². The fourth-order valence-corrected chi connectivity index (χ4v) is 2.43. The summed E-state index contributed by atoms with van der Waals surface area (Å²) in [6.45, 7) is 0.467. The van der Waals surface area contributed by atoms with Gasteiger partial charge in [-0.2, -0.15) is 4.52 Å². The van der Waals surface area contributed by atoms with Crippen molar-refractivity contribution in [2.45, 2.75) is 6.54 Å². The molecule has 0 fully saturated rings. The molecule has 0 saturated heterocycles. The van der Waals surface area contributed by atoms with Gasteiger partial charge in [-0.1, -0.05) is 11.2 Å². The van der Waals surface area contributed by atoms with E-state index < -0.39 is 0 Å². The number of nitrogens with zero attached hydrogens (tertiary/aromatic N) is 7. The van der Waals surface area contributed by atoms with Crippen molar-refractivity contribution >= 4 is 16.7 Å². The first kappa shape index (κ1) is 11.9. The number of aromatic nitrogens is 7. The smallest absolute Gasteiger partial charge is 0.274 e. The number of benzene rings is 1. The molecule has 2 N–H and O–H groups in total. The van der Waals surface area contributed by atoms with Crippen LogP contribution in [0.4, 0.5) is 0 Å². The molecule has 8 heteroatoms. The molecule has 0 aliphatic carbocycles. The van der Waals surface area contributed by atoms with Crippen LogP contribution in [-0.2, 0) is 13.6 Å². The molecule has 0 aliphatic rings. The maximum atomic E-state index is 5.75. The van der Waals surface area contributed by atoms with E-state index in [-0.39, 0.29) is 0 Å². The average Bonchev–Trinajstić information content (AvgIpc) is 3.14. The highest BCUT2D eigenvalue weighted by atomic mass is 15.5. The fourth-order valence-electron chi connectivity index (χ4n) is 2.43. The highest BCUT2D eigenvalue weighted by Gasteiger charge is 2.14. The zero-order valence-corrected chi connectivity index (χ0v) is 11.3. The number of fused-ring (bicyclic) bond motifs is 3. The van der Waals surface area contributed by atoms with E-state index >= 15 is 0 Å². The number of imidazole rings is 1. The summed E-state index contributed by atoms with van der Waals surface area (Å²) in [4.78, 5) is 8.72. The van der Waals surface area contributed by atoms with Gasteiger partial charge in [-0.3, -0.25) is 0 Å². The minimum atomic E-state index is 0.458. The second-order valence-corrected chi connectivity index (χ2v) is 4.80. The summed E-state index contributed by atoms with van der Waals surface area (Å²) in [5.41, 5.74) is 9.36. The molecule has 0 radical (unpaired) electrons. The summed E-state index contributed by atoms with van der Waals surface area (Å²) in [5.74, 6) is 0.458. The fraction of sp³-hybridized carbons (Fsp3) is 0.154. The third-order valence-electron chi connectivity index (χ3n) is 3.50. The van der Waals surface area contributed by atoms with E-state index in [0.29, 0.717) is 12.3 Å². The van der Waals surface area contributed by atoms with E-state index in [9.17, 15) is 0 Å². The first-order chi connectivity index (χ1) is 10.3. The minimum Gasteiger partial charge on any atom is -0.332 e. The molecule has 104 valence electrons. The lowest BCUT2D eigenvalue weighted by Gasteiger charge is -2.08. The molecule has 0 saturated carbocycles. The van der Waals surface area contributed by atoms with E-state index in [1.54, 1.807) is 17.0 Å². The summed E-state index contributed by atoms with van der Waals surface area (Å²) < 4.78 is 3.53. The van der Waals surface area contributed by atoms with Gasteiger partial charge in [0.05, 0.1) is 23.7 Å². The Bertz CT molecular complexity index is 951. The first-order valence-electron chi connectivity index (χ1n) is 6.45. The van der Waals surface area contributed by atoms with Crippen molar-refractivity contribution in [1.29, 1.82) is 0 Å². The zero-order chi connectivity index (χ0) is 14.4. The van der Waals surface area contributed by atoms with E-state index in [1.165, 1.54) is 0 Å². The lowest BCUT2D eigenvalue weighted by atomic mass is 10.1. The van der Waals surface area contributed by atoms with E-state index in [2.05, 4.69) is 25.5 Å². The molecule has 21 heavy (non-hydrogen) atoms. The Morgan fingerprint density at radius 1 is 1.29 bits per heavy atom. The van der Waals surface area contributed by atoms with Crippen LogP contribution < -0.4 is 5.73 Å². The zero-order valence-electron chi connectivity index (χ0n) is 11.3. The molecule has 3 heterocycles. The predicted octanol–water partition coefficient (Wildman–Crippen LogP) is 0.532. The quantitative estimate of drug-likeness (QED) is 0.575. The molecule has 1 aromatic carbocycles. The van der Waals surface area contributed by atoms with Crippen LogP contribution in [0.3, 0.4) is 0 Å². The van der Waals surface area contributed by atoms with E-state index in [0.717, 1.165) is 27.9 Å². The van der Waals surface area contributed by atoms with Gasteiger partial charge in [0, 0.05) is 19.0 Å². The molecular weight excluding hydrogens is 268 g/mol. The van der Waals surface area contributed by atoms with Gasteiger partial charge >= 0.3 is 0 Å². The normalized spacial score (nSPS) is 11.5. The van der Waals surface area contributed by atoms with Crippen LogP contribution in [0.1, 0.15) is 5.56 Å². The highest BCUT2D eigenvalue weighted by molar-refractivity contribution is 5.93. The molecule has 0 spiro atoms. The second kappa shape index (κ2) is 4.32. The molecule has 0 aliphatic heterocycles. The van der Waals surface area contributed by atoms with E-state index in [1.807, 2.05) is 29.8 Å². The Kier molecular flexibility index (Phi) is 2.45. The summed E-state index contributed by atoms with van der Waals surface area (Å²) in [6, 6.07) is 5.95. The van der Waals surface area contributed by atoms with Crippen LogP contribution >= 0.6 is 0 Å². The number of nitrogens with two attached hydrogens (primary N) is 1. The number of aryl methyl sites for hydroxylation is 1. The highest BCUT2D eigenvalue weighted by Crippen LogP contribution is 2.27. The van der Waals surface area contributed by atoms with E-state index in [4.69, 9.17) is 5.73 Å². The standard InChI is InChI=1S/C13H12N8/c1-20-7-15-6-11(20)12-9-4-8(5-14)2-3-10(9)21-13(16-12)17-18-19-21/h2-4,6-7H,5,14H2,1H3. The Morgan fingerprint density at radius 3 is 2.95 bits per heavy atom. The third kappa shape index (κ3) is 1.69. The number of hydrogen-bond acceptors (Lipinski definition) is 6. The Morgan fingerprint density at radius 2 is 2.19 bits per heavy atom. The van der Waals surface area contributed by atoms with Crippen molar-refractivity contribution in [3.05, 3.63) is 36.3 Å². The lowest BCUT2D eigenvalue weighted by Crippen LogP contribution is -2.02. The molecule has 4 rings (SSSR count). The van der Waals surface area contributed by atoms with Crippen molar-refractivity contribution in [2.24, 2.45) is 12.8 Å². The number of tetrazole rings is 1. The van der Waals surface area contributed by atoms with Crippen LogP contribution in [-0.4, -0.2) is 34.6 Å². The third-order valence-corrected chi connectivity index (χ3v) is 3.50. The van der Waals surface area contributed by atoms with Crippen LogP contribution in [0.2, 0.25) is 0 Å². The molecule has 0 bridgehead atoms. The van der Waals surface area contributed by atoms with Crippen molar-refractivity contribution < 1.29 is 0 Å². The topological polar surface area (TPSA) is 99.8 Å². The average molecular weight is 280 g/mol. The monoisotopic (exact) mass is 280 g/mol. The van der Waals surface area contributed by atoms with Crippen molar-refractivity contribution in [3.63, 3.8) is 0 Å². The van der Waals surface area contributed by atoms with Crippen molar-refractivity contribution in [1.82, 2.24) is 34.6 Å². The Labute approximate surface area is 119 Å². The van der Waals surface area contributed by atoms with Gasteiger partial charge in [0.15, 0.2) is 0 Å². The molecule has 4 aromatic rings. The molecule has 0 unspecified atom stereocenters. The van der Waals surface area contributed by atoms with Crippen LogP contribution in [0.5, 0.6) is 0 Å². The summed E-state index contributed by atoms with van der Waals surface area (Å²) in [5, 5.41) is 12.6. The van der Waals surface area contributed by atoms with Crippen LogP contribution in [0, 0.1) is 0 Å². The van der Waals surface area contributed by atoms with Gasteiger partial charge in [0.1, 0.15) is 5.69 Å². The Hall–Kier alpha value is -2.87. The van der Waals surface area contributed by atoms with Crippen LogP contribution in [0.25, 0.3) is 28.1 Å². The minimum absolute atomic E-state index is 0.458. The number of rotatable bonds is 2. The summed E-state index contributed by atoms with van der Waals surface area (Å²) in [7, 11) is 1.93. The second-order valence-electron chi connectivity index (χ2n) is 4.80. The molecule has 0 atom stereocenters. The largest absolute Gasteiger partial charge is 0.332 e. The van der Waals surface area contributed by atoms with Gasteiger partial charge in [0.25, 0.3) is 5.78 Å². The van der Waals surface area contributed by atoms with Gasteiger partial charge < -0.3 is 10.3 Å². The van der Waals surface area contributed by atoms with Gasteiger partial charge in [0.2, 0.25) is 0 Å².